The topological polar surface area (TPSA) is 59.8 Å². The van der Waals surface area contributed by atoms with Gasteiger partial charge in [0.15, 0.2) is 0 Å². The minimum atomic E-state index is -0.461. The van der Waals surface area contributed by atoms with E-state index in [1.165, 1.54) is 5.56 Å². The number of ether oxygens (including phenoxy) is 2. The van der Waals surface area contributed by atoms with Crippen molar-refractivity contribution < 1.29 is 14.6 Å². The predicted molar refractivity (Wildman–Crippen MR) is 147 cm³/mol. The summed E-state index contributed by atoms with van der Waals surface area (Å²) in [5, 5.41) is 15.6. The summed E-state index contributed by atoms with van der Waals surface area (Å²) in [7, 11) is 1.65. The number of aliphatic hydroxyl groups excluding tert-OH is 1. The zero-order valence-corrected chi connectivity index (χ0v) is 21.6. The second-order valence-corrected chi connectivity index (χ2v) is 9.07. The molecule has 0 fully saturated rings. The summed E-state index contributed by atoms with van der Waals surface area (Å²) < 4.78 is 13.6. The largest absolute Gasteiger partial charge is 0.497 e. The molecule has 0 amide bonds. The number of aromatic nitrogens is 2. The van der Waals surface area contributed by atoms with Crippen LogP contribution in [0.4, 0.5) is 0 Å². The summed E-state index contributed by atoms with van der Waals surface area (Å²) in [6, 6.07) is 27.8. The van der Waals surface area contributed by atoms with Gasteiger partial charge in [-0.15, -0.1) is 6.58 Å². The van der Waals surface area contributed by atoms with Gasteiger partial charge in [0.1, 0.15) is 11.5 Å². The highest BCUT2D eigenvalue weighted by Crippen LogP contribution is 2.32. The molecule has 0 spiro atoms. The van der Waals surface area contributed by atoms with E-state index in [4.69, 9.17) is 14.6 Å². The molecule has 0 aliphatic heterocycles. The fraction of sp³-hybridized carbons (Fsp3) is 0.258. The quantitative estimate of drug-likeness (QED) is 0.219. The van der Waals surface area contributed by atoms with E-state index in [2.05, 4.69) is 23.6 Å². The molecule has 6 nitrogen and oxygen atoms in total. The summed E-state index contributed by atoms with van der Waals surface area (Å²) in [6.07, 6.45) is 2.83. The van der Waals surface area contributed by atoms with Crippen LogP contribution in [0.1, 0.15) is 29.7 Å². The average Bonchev–Trinajstić information content (AvgIpc) is 3.23. The summed E-state index contributed by atoms with van der Waals surface area (Å²) in [5.41, 5.74) is 3.96. The van der Waals surface area contributed by atoms with E-state index in [1.807, 2.05) is 90.5 Å². The number of aliphatic hydroxyl groups is 1. The van der Waals surface area contributed by atoms with Crippen LogP contribution in [0.2, 0.25) is 0 Å². The van der Waals surface area contributed by atoms with Gasteiger partial charge in [-0.1, -0.05) is 54.6 Å². The fourth-order valence-corrected chi connectivity index (χ4v) is 4.27. The van der Waals surface area contributed by atoms with Crippen LogP contribution in [0, 0.1) is 6.92 Å². The summed E-state index contributed by atoms with van der Waals surface area (Å²) >= 11 is 0. The molecule has 192 valence electrons. The molecule has 0 saturated carbocycles. The molecule has 1 heterocycles. The first-order valence-electron chi connectivity index (χ1n) is 12.6. The Kier molecular flexibility index (Phi) is 9.13. The number of nitrogens with zero attached hydrogens (tertiary/aromatic N) is 3. The van der Waals surface area contributed by atoms with Crippen molar-refractivity contribution >= 4 is 0 Å². The molecule has 4 rings (SSSR count). The lowest BCUT2D eigenvalue weighted by atomic mass is 10.1. The Hall–Kier alpha value is -3.87. The molecule has 1 aromatic heterocycles. The minimum absolute atomic E-state index is 0.461. The van der Waals surface area contributed by atoms with Gasteiger partial charge >= 0.3 is 0 Å². The van der Waals surface area contributed by atoms with E-state index in [9.17, 15) is 5.11 Å². The van der Waals surface area contributed by atoms with Gasteiger partial charge in [0.2, 0.25) is 5.88 Å². The zero-order valence-electron chi connectivity index (χ0n) is 21.6. The molecule has 37 heavy (non-hydrogen) atoms. The lowest BCUT2D eigenvalue weighted by Crippen LogP contribution is -2.32. The lowest BCUT2D eigenvalue weighted by Gasteiger charge is -2.25. The molecular weight excluding hydrogens is 462 g/mol. The van der Waals surface area contributed by atoms with Crippen LogP contribution in [-0.4, -0.2) is 39.5 Å². The highest BCUT2D eigenvalue weighted by Gasteiger charge is 2.23. The highest BCUT2D eigenvalue weighted by atomic mass is 16.5. The third-order valence-electron chi connectivity index (χ3n) is 6.22. The molecule has 0 bridgehead atoms. The van der Waals surface area contributed by atoms with Crippen molar-refractivity contribution in [1.82, 2.24) is 14.7 Å². The molecule has 6 heteroatoms. The molecule has 0 unspecified atom stereocenters. The third kappa shape index (κ3) is 7.09. The lowest BCUT2D eigenvalue weighted by molar-refractivity contribution is 0.0978. The number of hydrogen-bond acceptors (Lipinski definition) is 5. The fourth-order valence-electron chi connectivity index (χ4n) is 4.27. The standard InChI is InChI=1S/C31H35N3O3/c1-4-5-16-27(35)22-33(21-25-12-8-6-9-13-25)23-30-24(2)32-34(26-14-10-7-11-15-26)31(30)37-29-19-17-28(36-3)18-20-29/h4,6-15,17-20,27,35H,1,5,16,21-23H2,2-3H3/t27-/m1/s1. The van der Waals surface area contributed by atoms with Gasteiger partial charge in [-0.25, -0.2) is 4.68 Å². The van der Waals surface area contributed by atoms with Crippen LogP contribution >= 0.6 is 0 Å². The van der Waals surface area contributed by atoms with Gasteiger partial charge in [-0.05, 0) is 61.7 Å². The van der Waals surface area contributed by atoms with Crippen molar-refractivity contribution in [2.24, 2.45) is 0 Å². The van der Waals surface area contributed by atoms with Crippen LogP contribution < -0.4 is 9.47 Å². The van der Waals surface area contributed by atoms with Gasteiger partial charge < -0.3 is 14.6 Å². The molecule has 0 radical (unpaired) electrons. The monoisotopic (exact) mass is 497 g/mol. The Labute approximate surface area is 219 Å². The molecule has 0 saturated heterocycles. The molecule has 0 aliphatic carbocycles. The number of benzene rings is 3. The van der Waals surface area contributed by atoms with Crippen molar-refractivity contribution in [3.8, 4) is 23.1 Å². The maximum atomic E-state index is 10.8. The smallest absolute Gasteiger partial charge is 0.227 e. The molecule has 1 atom stereocenters. The minimum Gasteiger partial charge on any atom is -0.497 e. The Morgan fingerprint density at radius 3 is 2.24 bits per heavy atom. The zero-order chi connectivity index (χ0) is 26.0. The highest BCUT2D eigenvalue weighted by molar-refractivity contribution is 5.44. The van der Waals surface area contributed by atoms with Crippen molar-refractivity contribution in [2.45, 2.75) is 39.0 Å². The maximum absolute atomic E-state index is 10.8. The van der Waals surface area contributed by atoms with Gasteiger partial charge in [0.25, 0.3) is 0 Å². The van der Waals surface area contributed by atoms with Crippen LogP contribution in [0.3, 0.4) is 0 Å². The number of allylic oxidation sites excluding steroid dienone is 1. The first-order chi connectivity index (χ1) is 18.1. The number of hydrogen-bond donors (Lipinski definition) is 1. The first-order valence-corrected chi connectivity index (χ1v) is 12.6. The van der Waals surface area contributed by atoms with Gasteiger partial charge in [-0.3, -0.25) is 4.90 Å². The molecule has 0 aliphatic rings. The van der Waals surface area contributed by atoms with Crippen LogP contribution in [0.5, 0.6) is 17.4 Å². The molecule has 4 aromatic rings. The van der Waals surface area contributed by atoms with Crippen LogP contribution in [-0.2, 0) is 13.1 Å². The van der Waals surface area contributed by atoms with E-state index in [0.717, 1.165) is 29.1 Å². The Bertz CT molecular complexity index is 1250. The maximum Gasteiger partial charge on any atom is 0.227 e. The number of rotatable bonds is 13. The molecule has 3 aromatic carbocycles. The third-order valence-corrected chi connectivity index (χ3v) is 6.22. The predicted octanol–water partition coefficient (Wildman–Crippen LogP) is 6.31. The summed E-state index contributed by atoms with van der Waals surface area (Å²) in [5.74, 6) is 2.12. The summed E-state index contributed by atoms with van der Waals surface area (Å²) in [6.45, 7) is 7.60. The molecular formula is C31H35N3O3. The average molecular weight is 498 g/mol. The second kappa shape index (κ2) is 12.9. The van der Waals surface area contributed by atoms with E-state index in [1.54, 1.807) is 7.11 Å². The SMILES string of the molecule is C=CCC[C@@H](O)CN(Cc1ccccc1)Cc1c(C)nn(-c2ccccc2)c1Oc1ccc(OC)cc1. The number of aryl methyl sites for hydroxylation is 1. The first kappa shape index (κ1) is 26.2. The Morgan fingerprint density at radius 1 is 0.946 bits per heavy atom. The number of methoxy groups -OCH3 is 1. The van der Waals surface area contributed by atoms with Crippen LogP contribution in [0.15, 0.2) is 97.6 Å². The van der Waals surface area contributed by atoms with Crippen molar-refractivity contribution in [3.05, 3.63) is 114 Å². The van der Waals surface area contributed by atoms with Crippen LogP contribution in [0.25, 0.3) is 5.69 Å². The normalized spacial score (nSPS) is 11.9. The van der Waals surface area contributed by atoms with E-state index < -0.39 is 6.10 Å². The summed E-state index contributed by atoms with van der Waals surface area (Å²) in [4.78, 5) is 2.25. The van der Waals surface area contributed by atoms with E-state index in [0.29, 0.717) is 37.7 Å². The van der Waals surface area contributed by atoms with Gasteiger partial charge in [0.05, 0.1) is 30.2 Å². The Morgan fingerprint density at radius 2 is 1.59 bits per heavy atom. The van der Waals surface area contributed by atoms with Gasteiger partial charge in [-0.2, -0.15) is 5.10 Å². The molecule has 1 N–H and O–H groups in total. The van der Waals surface area contributed by atoms with Crippen molar-refractivity contribution in [3.63, 3.8) is 0 Å². The number of para-hydroxylation sites is 1. The van der Waals surface area contributed by atoms with Crippen molar-refractivity contribution in [2.75, 3.05) is 13.7 Å². The second-order valence-electron chi connectivity index (χ2n) is 9.07. The van der Waals surface area contributed by atoms with Crippen molar-refractivity contribution in [1.29, 1.82) is 0 Å². The van der Waals surface area contributed by atoms with Gasteiger partial charge in [0, 0.05) is 19.6 Å². The van der Waals surface area contributed by atoms with E-state index >= 15 is 0 Å². The Balaban J connectivity index is 1.69. The van der Waals surface area contributed by atoms with E-state index in [-0.39, 0.29) is 0 Å².